The summed E-state index contributed by atoms with van der Waals surface area (Å²) < 4.78 is 58.9. The van der Waals surface area contributed by atoms with E-state index in [0.29, 0.717) is 0 Å². The summed E-state index contributed by atoms with van der Waals surface area (Å²) in [7, 11) is -5.35. The summed E-state index contributed by atoms with van der Waals surface area (Å²) in [4.78, 5) is 0. The van der Waals surface area contributed by atoms with E-state index in [1.807, 2.05) is 0 Å². The minimum atomic E-state index is -6.09. The molecule has 1 rings (SSSR count). The first-order valence-corrected chi connectivity index (χ1v) is 8.23. The smallest absolute Gasteiger partial charge is 0.485 e. The molecule has 1 aliphatic heterocycles. The van der Waals surface area contributed by atoms with E-state index in [-0.39, 0.29) is 0 Å². The summed E-state index contributed by atoms with van der Waals surface area (Å²) in [6, 6.07) is 0. The molecular weight excluding hydrogens is 285 g/mol. The predicted octanol–water partition coefficient (Wildman–Crippen LogP) is 1.38. The predicted molar refractivity (Wildman–Crippen MR) is 60.8 cm³/mol. The second-order valence-corrected chi connectivity index (χ2v) is 7.80. The largest absolute Gasteiger partial charge is 0.741 e. The van der Waals surface area contributed by atoms with Crippen LogP contribution in [0.2, 0.25) is 0 Å². The third-order valence-electron chi connectivity index (χ3n) is 1.88. The van der Waals surface area contributed by atoms with Gasteiger partial charge in [0, 0.05) is 18.1 Å². The highest BCUT2D eigenvalue weighted by Gasteiger charge is 2.36. The lowest BCUT2D eigenvalue weighted by Crippen LogP contribution is -2.22. The molecule has 0 aromatic rings. The normalized spacial score (nSPS) is 26.9. The van der Waals surface area contributed by atoms with Gasteiger partial charge < -0.3 is 4.55 Å². The van der Waals surface area contributed by atoms with Gasteiger partial charge >= 0.3 is 5.51 Å². The second kappa shape index (κ2) is 6.36. The standard InChI is InChI=1S/C6H12S2.CHF3O3S/c1-8-4-2-6(7)3-5-8;2-1(3,4)8(5,6)7/h6H,2-5H2,1H3;(H,5,6,7). The zero-order chi connectivity index (χ0) is 13.0. The van der Waals surface area contributed by atoms with Crippen molar-refractivity contribution in [1.29, 1.82) is 0 Å². The van der Waals surface area contributed by atoms with Crippen molar-refractivity contribution in [2.45, 2.75) is 23.6 Å². The van der Waals surface area contributed by atoms with Crippen LogP contribution in [-0.2, 0) is 21.0 Å². The zero-order valence-electron chi connectivity index (χ0n) is 8.53. The molecule has 0 atom stereocenters. The molecule has 1 fully saturated rings. The van der Waals surface area contributed by atoms with Gasteiger partial charge in [0.1, 0.15) is 11.5 Å². The molecule has 9 heteroatoms. The molecule has 0 aromatic heterocycles. The average Bonchev–Trinajstić information content (AvgIpc) is 2.08. The van der Waals surface area contributed by atoms with Crippen molar-refractivity contribution in [2.24, 2.45) is 0 Å². The third kappa shape index (κ3) is 6.87. The van der Waals surface area contributed by atoms with Gasteiger partial charge in [0.05, 0.1) is 6.26 Å². The Kier molecular flexibility index (Phi) is 6.52. The number of rotatable bonds is 0. The van der Waals surface area contributed by atoms with Crippen molar-refractivity contribution in [1.82, 2.24) is 0 Å². The number of thiol groups is 1. The maximum Gasteiger partial charge on any atom is 0.485 e. The average molecular weight is 298 g/mol. The second-order valence-electron chi connectivity index (χ2n) is 3.32. The Hall–Kier alpha value is 0.400. The number of hydrogen-bond acceptors (Lipinski definition) is 4. The van der Waals surface area contributed by atoms with E-state index >= 15 is 0 Å². The van der Waals surface area contributed by atoms with Gasteiger partial charge in [-0.2, -0.15) is 25.8 Å². The van der Waals surface area contributed by atoms with Crippen molar-refractivity contribution in [2.75, 3.05) is 17.8 Å². The van der Waals surface area contributed by atoms with E-state index in [4.69, 9.17) is 13.0 Å². The first-order valence-electron chi connectivity index (χ1n) is 4.33. The number of halogens is 3. The maximum absolute atomic E-state index is 10.7. The van der Waals surface area contributed by atoms with Gasteiger partial charge in [-0.15, -0.1) is 0 Å². The lowest BCUT2D eigenvalue weighted by atomic mass is 10.2. The molecule has 0 aromatic carbocycles. The molecule has 16 heavy (non-hydrogen) atoms. The fourth-order valence-electron chi connectivity index (χ4n) is 0.921. The minimum absolute atomic E-state index is 0.721. The van der Waals surface area contributed by atoms with Crippen molar-refractivity contribution in [3.8, 4) is 0 Å². The number of hydrogen-bond donors (Lipinski definition) is 1. The van der Waals surface area contributed by atoms with Crippen molar-refractivity contribution in [3.05, 3.63) is 0 Å². The van der Waals surface area contributed by atoms with E-state index in [1.165, 1.54) is 24.3 Å². The molecule has 0 N–H and O–H groups in total. The van der Waals surface area contributed by atoms with Crippen molar-refractivity contribution < 1.29 is 26.1 Å². The van der Waals surface area contributed by atoms with Crippen LogP contribution in [0.4, 0.5) is 13.2 Å². The highest BCUT2D eigenvalue weighted by Crippen LogP contribution is 2.20. The molecule has 1 heterocycles. The molecular formula is C7H13F3O3S3. The van der Waals surface area contributed by atoms with Gasteiger partial charge in [-0.3, -0.25) is 0 Å². The Labute approximate surface area is 101 Å². The molecule has 0 amide bonds. The molecule has 1 aliphatic rings. The first kappa shape index (κ1) is 16.4. The van der Waals surface area contributed by atoms with Gasteiger partial charge in [0.15, 0.2) is 10.1 Å². The summed E-state index contributed by atoms with van der Waals surface area (Å²) in [6.45, 7) is 0. The summed E-state index contributed by atoms with van der Waals surface area (Å²) in [5.41, 5.74) is -5.65. The zero-order valence-corrected chi connectivity index (χ0v) is 11.1. The minimum Gasteiger partial charge on any atom is -0.741 e. The van der Waals surface area contributed by atoms with Gasteiger partial charge in [0.25, 0.3) is 0 Å². The Morgan fingerprint density at radius 2 is 1.62 bits per heavy atom. The quantitative estimate of drug-likeness (QED) is 0.318. The van der Waals surface area contributed by atoms with E-state index in [0.717, 1.165) is 16.1 Å². The molecule has 3 nitrogen and oxygen atoms in total. The molecule has 0 aliphatic carbocycles. The fourth-order valence-corrected chi connectivity index (χ4v) is 3.11. The van der Waals surface area contributed by atoms with E-state index in [2.05, 4.69) is 18.9 Å². The molecule has 1 saturated heterocycles. The maximum atomic E-state index is 10.7. The Morgan fingerprint density at radius 1 is 1.31 bits per heavy atom. The Morgan fingerprint density at radius 3 is 1.81 bits per heavy atom. The monoisotopic (exact) mass is 298 g/mol. The fraction of sp³-hybridized carbons (Fsp3) is 1.00. The Balaban J connectivity index is 0.000000281. The molecule has 0 bridgehead atoms. The lowest BCUT2D eigenvalue weighted by molar-refractivity contribution is -0.0517. The van der Waals surface area contributed by atoms with Crippen LogP contribution < -0.4 is 0 Å². The molecule has 0 radical (unpaired) electrons. The third-order valence-corrected chi connectivity index (χ3v) is 4.83. The molecule has 0 saturated carbocycles. The first-order chi connectivity index (χ1) is 7.04. The SMILES string of the molecule is C[S+]1CCC(S)CC1.O=S(=O)([O-])C(F)(F)F. The molecule has 0 spiro atoms. The van der Waals surface area contributed by atoms with Gasteiger partial charge in [0.2, 0.25) is 0 Å². The summed E-state index contributed by atoms with van der Waals surface area (Å²) in [5, 5.41) is 0.721. The van der Waals surface area contributed by atoms with Crippen molar-refractivity contribution in [3.63, 3.8) is 0 Å². The summed E-state index contributed by atoms with van der Waals surface area (Å²) in [5.74, 6) is 2.85. The van der Waals surface area contributed by atoms with Crippen LogP contribution in [0.3, 0.4) is 0 Å². The van der Waals surface area contributed by atoms with Gasteiger partial charge in [-0.05, 0) is 10.9 Å². The van der Waals surface area contributed by atoms with Crippen LogP contribution in [0.15, 0.2) is 0 Å². The highest BCUT2D eigenvalue weighted by molar-refractivity contribution is 7.96. The Bertz CT molecular complexity index is 284. The topological polar surface area (TPSA) is 57.2 Å². The van der Waals surface area contributed by atoms with Crippen LogP contribution in [0.5, 0.6) is 0 Å². The van der Waals surface area contributed by atoms with Crippen LogP contribution in [0.25, 0.3) is 0 Å². The molecule has 0 unspecified atom stereocenters. The van der Waals surface area contributed by atoms with Gasteiger partial charge in [-0.1, -0.05) is 0 Å². The van der Waals surface area contributed by atoms with Crippen LogP contribution in [-0.4, -0.2) is 41.5 Å². The summed E-state index contributed by atoms with van der Waals surface area (Å²) in [6.07, 6.45) is 5.06. The number of alkyl halides is 3. The molecule has 98 valence electrons. The van der Waals surface area contributed by atoms with Crippen LogP contribution >= 0.6 is 12.6 Å². The summed E-state index contributed by atoms with van der Waals surface area (Å²) >= 11 is 4.41. The highest BCUT2D eigenvalue weighted by atomic mass is 32.2. The van der Waals surface area contributed by atoms with Crippen molar-refractivity contribution >= 4 is 33.6 Å². The van der Waals surface area contributed by atoms with E-state index in [9.17, 15) is 13.2 Å². The van der Waals surface area contributed by atoms with Gasteiger partial charge in [-0.25, -0.2) is 8.42 Å². The lowest BCUT2D eigenvalue weighted by Gasteiger charge is -2.14. The van der Waals surface area contributed by atoms with Crippen LogP contribution in [0, 0.1) is 0 Å². The van der Waals surface area contributed by atoms with E-state index < -0.39 is 15.6 Å². The van der Waals surface area contributed by atoms with Crippen LogP contribution in [0.1, 0.15) is 12.8 Å². The van der Waals surface area contributed by atoms with E-state index in [1.54, 1.807) is 0 Å².